The Balaban J connectivity index is 1.89. The van der Waals surface area contributed by atoms with Gasteiger partial charge in [-0.2, -0.15) is 13.2 Å². The average molecular weight is 311 g/mol. The minimum atomic E-state index is -4.52. The number of imidazole rings is 1. The van der Waals surface area contributed by atoms with Crippen molar-refractivity contribution >= 4 is 16.9 Å². The fraction of sp³-hybridized carbons (Fsp3) is 0.467. The number of nitrogens with one attached hydrogen (secondary N) is 1. The number of aromatic nitrogens is 2. The summed E-state index contributed by atoms with van der Waals surface area (Å²) in [6.45, 7) is 1.40. The lowest BCUT2D eigenvalue weighted by molar-refractivity contribution is -0.144. The second-order valence-corrected chi connectivity index (χ2v) is 5.52. The first-order valence-corrected chi connectivity index (χ1v) is 7.31. The van der Waals surface area contributed by atoms with Crippen LogP contribution in [0.15, 0.2) is 18.2 Å². The number of fused-ring (bicyclic) bond motifs is 1. The van der Waals surface area contributed by atoms with Crippen LogP contribution in [0.25, 0.3) is 11.0 Å². The van der Waals surface area contributed by atoms with Crippen molar-refractivity contribution in [1.29, 1.82) is 0 Å². The standard InChI is InChI=1S/C15H16F3N3O/c16-15(17,18)14-19-11-6-5-10(9-12(11)20-14)13(22)21-7-3-1-2-4-8-21/h5-6,9H,1-4,7-8H2,(H,19,20). The number of carbonyl (C=O) groups is 1. The maximum absolute atomic E-state index is 12.7. The number of amides is 1. The van der Waals surface area contributed by atoms with E-state index in [0.29, 0.717) is 18.7 Å². The monoisotopic (exact) mass is 311 g/mol. The average Bonchev–Trinajstić information content (AvgIpc) is 2.72. The summed E-state index contributed by atoms with van der Waals surface area (Å²) in [5, 5.41) is 0. The lowest BCUT2D eigenvalue weighted by Crippen LogP contribution is -2.31. The highest BCUT2D eigenvalue weighted by Gasteiger charge is 2.34. The zero-order valence-electron chi connectivity index (χ0n) is 11.9. The van der Waals surface area contributed by atoms with Gasteiger partial charge in [0.15, 0.2) is 0 Å². The van der Waals surface area contributed by atoms with Crippen molar-refractivity contribution in [3.8, 4) is 0 Å². The van der Waals surface area contributed by atoms with Gasteiger partial charge in [-0.3, -0.25) is 4.79 Å². The molecule has 0 unspecified atom stereocenters. The molecule has 2 aromatic rings. The molecule has 2 heterocycles. The molecule has 1 aromatic heterocycles. The number of alkyl halides is 3. The van der Waals surface area contributed by atoms with Crippen molar-refractivity contribution < 1.29 is 18.0 Å². The summed E-state index contributed by atoms with van der Waals surface area (Å²) >= 11 is 0. The maximum atomic E-state index is 12.7. The van der Waals surface area contributed by atoms with Crippen LogP contribution < -0.4 is 0 Å². The number of hydrogen-bond donors (Lipinski definition) is 1. The fourth-order valence-electron chi connectivity index (χ4n) is 2.73. The van der Waals surface area contributed by atoms with Gasteiger partial charge in [0.25, 0.3) is 5.91 Å². The number of halogens is 3. The van der Waals surface area contributed by atoms with Crippen molar-refractivity contribution in [2.45, 2.75) is 31.9 Å². The van der Waals surface area contributed by atoms with E-state index in [9.17, 15) is 18.0 Å². The topological polar surface area (TPSA) is 49.0 Å². The second kappa shape index (κ2) is 5.62. The summed E-state index contributed by atoms with van der Waals surface area (Å²) in [4.78, 5) is 20.0. The first-order valence-electron chi connectivity index (χ1n) is 7.31. The molecule has 4 nitrogen and oxygen atoms in total. The molecule has 0 saturated carbocycles. The molecule has 1 fully saturated rings. The highest BCUT2D eigenvalue weighted by molar-refractivity contribution is 5.97. The highest BCUT2D eigenvalue weighted by Crippen LogP contribution is 2.29. The van der Waals surface area contributed by atoms with E-state index < -0.39 is 12.0 Å². The van der Waals surface area contributed by atoms with Crippen molar-refractivity contribution in [3.05, 3.63) is 29.6 Å². The number of benzene rings is 1. The predicted molar refractivity (Wildman–Crippen MR) is 75.5 cm³/mol. The van der Waals surface area contributed by atoms with Crippen molar-refractivity contribution in [2.75, 3.05) is 13.1 Å². The molecule has 0 radical (unpaired) electrons. The molecule has 0 atom stereocenters. The predicted octanol–water partition coefficient (Wildman–Crippen LogP) is 3.60. The Bertz CT molecular complexity index is 685. The van der Waals surface area contributed by atoms with Gasteiger partial charge in [-0.1, -0.05) is 12.8 Å². The normalized spacial score (nSPS) is 16.8. The fourth-order valence-corrected chi connectivity index (χ4v) is 2.73. The lowest BCUT2D eigenvalue weighted by atomic mass is 10.1. The molecular weight excluding hydrogens is 295 g/mol. The van der Waals surface area contributed by atoms with Crippen LogP contribution in [0.1, 0.15) is 41.9 Å². The van der Waals surface area contributed by atoms with E-state index in [1.54, 1.807) is 4.90 Å². The number of H-pyrrole nitrogens is 1. The van der Waals surface area contributed by atoms with Crippen LogP contribution in [0.5, 0.6) is 0 Å². The molecule has 1 aliphatic heterocycles. The molecule has 0 bridgehead atoms. The Hall–Kier alpha value is -2.05. The van der Waals surface area contributed by atoms with E-state index in [1.165, 1.54) is 18.2 Å². The van der Waals surface area contributed by atoms with Gasteiger partial charge in [0.1, 0.15) is 0 Å². The Morgan fingerprint density at radius 2 is 1.82 bits per heavy atom. The molecular formula is C15H16F3N3O. The van der Waals surface area contributed by atoms with Crippen LogP contribution in [0.2, 0.25) is 0 Å². The van der Waals surface area contributed by atoms with Crippen LogP contribution >= 0.6 is 0 Å². The minimum absolute atomic E-state index is 0.132. The van der Waals surface area contributed by atoms with Crippen LogP contribution in [0.4, 0.5) is 13.2 Å². The van der Waals surface area contributed by atoms with E-state index in [1.807, 2.05) is 0 Å². The first kappa shape index (κ1) is 14.9. The number of nitrogens with zero attached hydrogens (tertiary/aromatic N) is 2. The quantitative estimate of drug-likeness (QED) is 0.875. The summed E-state index contributed by atoms with van der Waals surface area (Å²) in [5.74, 6) is -1.17. The van der Waals surface area contributed by atoms with Crippen LogP contribution in [0, 0.1) is 0 Å². The number of carbonyl (C=O) groups excluding carboxylic acids is 1. The first-order chi connectivity index (χ1) is 10.4. The lowest BCUT2D eigenvalue weighted by Gasteiger charge is -2.20. The molecule has 3 rings (SSSR count). The molecule has 0 aliphatic carbocycles. The molecule has 1 N–H and O–H groups in total. The summed E-state index contributed by atoms with van der Waals surface area (Å²) in [7, 11) is 0. The van der Waals surface area contributed by atoms with E-state index in [4.69, 9.17) is 0 Å². The molecule has 1 amide bonds. The molecule has 7 heteroatoms. The van der Waals surface area contributed by atoms with Gasteiger partial charge in [-0.15, -0.1) is 0 Å². The van der Waals surface area contributed by atoms with E-state index in [-0.39, 0.29) is 16.9 Å². The summed E-state index contributed by atoms with van der Waals surface area (Å²) < 4.78 is 38.0. The number of likely N-dealkylation sites (tertiary alicyclic amines) is 1. The third kappa shape index (κ3) is 2.93. The Morgan fingerprint density at radius 3 is 2.45 bits per heavy atom. The van der Waals surface area contributed by atoms with Crippen LogP contribution in [-0.4, -0.2) is 33.9 Å². The van der Waals surface area contributed by atoms with Crippen LogP contribution in [0.3, 0.4) is 0 Å². The van der Waals surface area contributed by atoms with Gasteiger partial charge in [0.2, 0.25) is 5.82 Å². The molecule has 22 heavy (non-hydrogen) atoms. The smallest absolute Gasteiger partial charge is 0.339 e. The van der Waals surface area contributed by atoms with Gasteiger partial charge in [-0.25, -0.2) is 4.98 Å². The molecule has 1 aromatic carbocycles. The van der Waals surface area contributed by atoms with Gasteiger partial charge >= 0.3 is 6.18 Å². The summed E-state index contributed by atoms with van der Waals surface area (Å²) in [6, 6.07) is 4.44. The highest BCUT2D eigenvalue weighted by atomic mass is 19.4. The largest absolute Gasteiger partial charge is 0.449 e. The maximum Gasteiger partial charge on any atom is 0.449 e. The van der Waals surface area contributed by atoms with Crippen molar-refractivity contribution in [1.82, 2.24) is 14.9 Å². The van der Waals surface area contributed by atoms with Crippen molar-refractivity contribution in [2.24, 2.45) is 0 Å². The van der Waals surface area contributed by atoms with E-state index in [0.717, 1.165) is 25.7 Å². The Kier molecular flexibility index (Phi) is 3.80. The Morgan fingerprint density at radius 1 is 1.14 bits per heavy atom. The van der Waals surface area contributed by atoms with Gasteiger partial charge in [0.05, 0.1) is 11.0 Å². The molecule has 1 aliphatic rings. The van der Waals surface area contributed by atoms with E-state index >= 15 is 0 Å². The van der Waals surface area contributed by atoms with Crippen LogP contribution in [-0.2, 0) is 6.18 Å². The van der Waals surface area contributed by atoms with Gasteiger partial charge in [0, 0.05) is 18.7 Å². The molecule has 0 spiro atoms. The van der Waals surface area contributed by atoms with E-state index in [2.05, 4.69) is 9.97 Å². The number of hydrogen-bond acceptors (Lipinski definition) is 2. The zero-order chi connectivity index (χ0) is 15.7. The minimum Gasteiger partial charge on any atom is -0.339 e. The summed E-state index contributed by atoms with van der Waals surface area (Å²) in [6.07, 6.45) is -0.364. The molecule has 1 saturated heterocycles. The number of aromatic amines is 1. The third-order valence-electron chi connectivity index (χ3n) is 3.89. The summed E-state index contributed by atoms with van der Waals surface area (Å²) in [5.41, 5.74) is 0.833. The third-order valence-corrected chi connectivity index (χ3v) is 3.89. The number of rotatable bonds is 1. The second-order valence-electron chi connectivity index (χ2n) is 5.52. The molecule has 118 valence electrons. The Labute approximate surface area is 125 Å². The van der Waals surface area contributed by atoms with Gasteiger partial charge < -0.3 is 9.88 Å². The van der Waals surface area contributed by atoms with Gasteiger partial charge in [-0.05, 0) is 31.0 Å². The zero-order valence-corrected chi connectivity index (χ0v) is 11.9. The van der Waals surface area contributed by atoms with Crippen molar-refractivity contribution in [3.63, 3.8) is 0 Å². The SMILES string of the molecule is O=C(c1ccc2nc(C(F)(F)F)[nH]c2c1)N1CCCCCC1.